The number of ether oxygens (including phenoxy) is 1. The van der Waals surface area contributed by atoms with Gasteiger partial charge in [-0.15, -0.1) is 0 Å². The summed E-state index contributed by atoms with van der Waals surface area (Å²) < 4.78 is 30.7. The zero-order valence-electron chi connectivity index (χ0n) is 11.6. The predicted octanol–water partition coefficient (Wildman–Crippen LogP) is 2.71. The minimum Gasteiger partial charge on any atom is -0.476 e. The van der Waals surface area contributed by atoms with E-state index in [-0.39, 0.29) is 18.5 Å². The number of alkyl halides is 2. The Balaban J connectivity index is 1.75. The minimum atomic E-state index is -2.51. The van der Waals surface area contributed by atoms with Crippen molar-refractivity contribution in [2.75, 3.05) is 26.2 Å². The maximum Gasteiger partial charge on any atom is 0.272 e. The molecule has 3 nitrogen and oxygen atoms in total. The molecular formula is C14H20F2N2O. The standard InChI is InChI=1S/C14H20F2N2O/c1-13(2,3)11-4-5-12(17-8-11)19-7-6-18-9-14(15,16)10-18/h4-5,8H,6-7,9-10H2,1-3H3. The Bertz CT molecular complexity index is 418. The Morgan fingerprint density at radius 3 is 2.47 bits per heavy atom. The SMILES string of the molecule is CC(C)(C)c1ccc(OCCN2CC(F)(F)C2)nc1. The smallest absolute Gasteiger partial charge is 0.272 e. The molecule has 0 radical (unpaired) electrons. The van der Waals surface area contributed by atoms with Gasteiger partial charge in [0.15, 0.2) is 0 Å². The highest BCUT2D eigenvalue weighted by atomic mass is 19.3. The lowest BCUT2D eigenvalue weighted by molar-refractivity contribution is -0.132. The lowest BCUT2D eigenvalue weighted by Crippen LogP contribution is -2.57. The minimum absolute atomic E-state index is 0.0642. The molecule has 0 amide bonds. The first kappa shape index (κ1) is 14.2. The third kappa shape index (κ3) is 3.86. The van der Waals surface area contributed by atoms with Crippen LogP contribution in [0.25, 0.3) is 0 Å². The van der Waals surface area contributed by atoms with Crippen LogP contribution < -0.4 is 4.74 Å². The first-order valence-electron chi connectivity index (χ1n) is 6.46. The van der Waals surface area contributed by atoms with Gasteiger partial charge in [0.2, 0.25) is 5.88 Å². The Morgan fingerprint density at radius 1 is 1.32 bits per heavy atom. The van der Waals surface area contributed by atoms with Crippen molar-refractivity contribution < 1.29 is 13.5 Å². The van der Waals surface area contributed by atoms with E-state index in [4.69, 9.17) is 4.74 Å². The van der Waals surface area contributed by atoms with Crippen molar-refractivity contribution in [3.05, 3.63) is 23.9 Å². The zero-order chi connectivity index (χ0) is 14.1. The van der Waals surface area contributed by atoms with Gasteiger partial charge >= 0.3 is 0 Å². The molecule has 1 aliphatic rings. The van der Waals surface area contributed by atoms with Crippen molar-refractivity contribution in [2.45, 2.75) is 32.1 Å². The molecule has 0 aromatic carbocycles. The van der Waals surface area contributed by atoms with Gasteiger partial charge in [-0.2, -0.15) is 0 Å². The van der Waals surface area contributed by atoms with Gasteiger partial charge in [-0.1, -0.05) is 26.8 Å². The average molecular weight is 270 g/mol. The maximum atomic E-state index is 12.6. The van der Waals surface area contributed by atoms with E-state index in [0.29, 0.717) is 19.0 Å². The largest absolute Gasteiger partial charge is 0.476 e. The second-order valence-electron chi connectivity index (χ2n) is 6.05. The summed E-state index contributed by atoms with van der Waals surface area (Å²) in [5.41, 5.74) is 1.21. The fourth-order valence-corrected chi connectivity index (χ4v) is 1.95. The third-order valence-electron chi connectivity index (χ3n) is 3.17. The second-order valence-corrected chi connectivity index (χ2v) is 6.05. The van der Waals surface area contributed by atoms with Crippen LogP contribution in [0.15, 0.2) is 18.3 Å². The Kier molecular flexibility index (Phi) is 3.76. The van der Waals surface area contributed by atoms with Crippen LogP contribution >= 0.6 is 0 Å². The Labute approximate surface area is 112 Å². The fraction of sp³-hybridized carbons (Fsp3) is 0.643. The molecule has 0 saturated carbocycles. The van der Waals surface area contributed by atoms with Crippen molar-refractivity contribution in [3.8, 4) is 5.88 Å². The van der Waals surface area contributed by atoms with E-state index in [1.807, 2.05) is 12.1 Å². The molecule has 0 bridgehead atoms. The molecule has 0 unspecified atom stereocenters. The zero-order valence-corrected chi connectivity index (χ0v) is 11.6. The summed E-state index contributed by atoms with van der Waals surface area (Å²) in [4.78, 5) is 5.90. The third-order valence-corrected chi connectivity index (χ3v) is 3.17. The summed E-state index contributed by atoms with van der Waals surface area (Å²) >= 11 is 0. The Morgan fingerprint density at radius 2 is 2.00 bits per heavy atom. The number of hydrogen-bond donors (Lipinski definition) is 0. The lowest BCUT2D eigenvalue weighted by Gasteiger charge is -2.38. The van der Waals surface area contributed by atoms with Gasteiger partial charge in [-0.25, -0.2) is 13.8 Å². The molecule has 0 atom stereocenters. The normalized spacial score (nSPS) is 19.0. The van der Waals surface area contributed by atoms with E-state index in [1.54, 1.807) is 11.1 Å². The molecule has 19 heavy (non-hydrogen) atoms. The van der Waals surface area contributed by atoms with Gasteiger partial charge in [0, 0.05) is 18.8 Å². The van der Waals surface area contributed by atoms with Crippen molar-refractivity contribution in [3.63, 3.8) is 0 Å². The van der Waals surface area contributed by atoms with Crippen LogP contribution in [0.2, 0.25) is 0 Å². The molecule has 0 N–H and O–H groups in total. The van der Waals surface area contributed by atoms with E-state index in [1.165, 1.54) is 0 Å². The summed E-state index contributed by atoms with van der Waals surface area (Å²) in [5.74, 6) is -1.97. The van der Waals surface area contributed by atoms with Crippen molar-refractivity contribution in [1.82, 2.24) is 9.88 Å². The van der Waals surface area contributed by atoms with Crippen LogP contribution in [0, 0.1) is 0 Å². The number of aromatic nitrogens is 1. The highest BCUT2D eigenvalue weighted by Crippen LogP contribution is 2.26. The van der Waals surface area contributed by atoms with Crippen LogP contribution in [0.3, 0.4) is 0 Å². The van der Waals surface area contributed by atoms with Gasteiger partial charge in [-0.05, 0) is 11.0 Å². The summed E-state index contributed by atoms with van der Waals surface area (Å²) in [6, 6.07) is 3.81. The predicted molar refractivity (Wildman–Crippen MR) is 69.8 cm³/mol. The number of pyridine rings is 1. The molecule has 1 aromatic rings. The van der Waals surface area contributed by atoms with Crippen LogP contribution in [0.1, 0.15) is 26.3 Å². The van der Waals surface area contributed by atoms with Crippen LogP contribution in [-0.2, 0) is 5.41 Å². The van der Waals surface area contributed by atoms with Gasteiger partial charge in [0.25, 0.3) is 5.92 Å². The molecule has 0 spiro atoms. The van der Waals surface area contributed by atoms with Gasteiger partial charge in [-0.3, -0.25) is 4.90 Å². The van der Waals surface area contributed by atoms with Crippen LogP contribution in [0.5, 0.6) is 5.88 Å². The van der Waals surface area contributed by atoms with Crippen molar-refractivity contribution >= 4 is 0 Å². The van der Waals surface area contributed by atoms with E-state index in [2.05, 4.69) is 25.8 Å². The number of likely N-dealkylation sites (tertiary alicyclic amines) is 1. The molecule has 1 fully saturated rings. The van der Waals surface area contributed by atoms with E-state index in [9.17, 15) is 8.78 Å². The summed E-state index contributed by atoms with van der Waals surface area (Å²) in [5, 5.41) is 0. The van der Waals surface area contributed by atoms with E-state index in [0.717, 1.165) is 5.56 Å². The Hall–Kier alpha value is -1.23. The topological polar surface area (TPSA) is 25.4 Å². The fourth-order valence-electron chi connectivity index (χ4n) is 1.95. The molecule has 106 valence electrons. The molecule has 1 saturated heterocycles. The molecule has 5 heteroatoms. The highest BCUT2D eigenvalue weighted by Gasteiger charge is 2.43. The molecule has 1 aromatic heterocycles. The van der Waals surface area contributed by atoms with Crippen LogP contribution in [0.4, 0.5) is 8.78 Å². The van der Waals surface area contributed by atoms with Gasteiger partial charge < -0.3 is 4.74 Å². The van der Waals surface area contributed by atoms with Gasteiger partial charge in [0.1, 0.15) is 6.61 Å². The van der Waals surface area contributed by atoms with Crippen molar-refractivity contribution in [2.24, 2.45) is 0 Å². The highest BCUT2D eigenvalue weighted by molar-refractivity contribution is 5.23. The number of hydrogen-bond acceptors (Lipinski definition) is 3. The monoisotopic (exact) mass is 270 g/mol. The van der Waals surface area contributed by atoms with Crippen molar-refractivity contribution in [1.29, 1.82) is 0 Å². The molecular weight excluding hydrogens is 250 g/mol. The summed E-state index contributed by atoms with van der Waals surface area (Å²) in [6.45, 7) is 6.94. The first-order chi connectivity index (χ1) is 8.76. The summed E-state index contributed by atoms with van der Waals surface area (Å²) in [7, 11) is 0. The quantitative estimate of drug-likeness (QED) is 0.841. The number of halogens is 2. The van der Waals surface area contributed by atoms with Crippen LogP contribution in [-0.4, -0.2) is 42.0 Å². The molecule has 1 aliphatic heterocycles. The number of nitrogens with zero attached hydrogens (tertiary/aromatic N) is 2. The first-order valence-corrected chi connectivity index (χ1v) is 6.46. The molecule has 0 aliphatic carbocycles. The lowest BCUT2D eigenvalue weighted by atomic mass is 9.88. The number of rotatable bonds is 4. The van der Waals surface area contributed by atoms with E-state index < -0.39 is 5.92 Å². The van der Waals surface area contributed by atoms with E-state index >= 15 is 0 Å². The average Bonchev–Trinajstić information content (AvgIpc) is 2.26. The summed E-state index contributed by atoms with van der Waals surface area (Å²) in [6.07, 6.45) is 1.80. The molecule has 2 rings (SSSR count). The second kappa shape index (κ2) is 5.04. The molecule has 2 heterocycles. The maximum absolute atomic E-state index is 12.6. The van der Waals surface area contributed by atoms with Gasteiger partial charge in [0.05, 0.1) is 13.1 Å².